The number of oxazole rings is 1. The van der Waals surface area contributed by atoms with E-state index in [0.717, 1.165) is 16.6 Å². The predicted octanol–water partition coefficient (Wildman–Crippen LogP) is 3.49. The van der Waals surface area contributed by atoms with Crippen LogP contribution in [0.15, 0.2) is 52.9 Å². The summed E-state index contributed by atoms with van der Waals surface area (Å²) < 4.78 is 15.6. The molecule has 1 aromatic heterocycles. The maximum atomic E-state index is 11.6. The van der Waals surface area contributed by atoms with Gasteiger partial charge in [0.1, 0.15) is 18.5 Å². The van der Waals surface area contributed by atoms with Gasteiger partial charge in [0, 0.05) is 5.56 Å². The average molecular weight is 339 g/mol. The van der Waals surface area contributed by atoms with Gasteiger partial charge in [0.05, 0.1) is 6.61 Å². The third kappa shape index (κ3) is 4.23. The van der Waals surface area contributed by atoms with E-state index in [1.807, 2.05) is 30.3 Å². The number of nitrogens with zero attached hydrogens (tertiary/aromatic N) is 1. The highest BCUT2D eigenvalue weighted by Gasteiger charge is 2.13. The van der Waals surface area contributed by atoms with Crippen molar-refractivity contribution >= 4 is 23.0 Å². The van der Waals surface area contributed by atoms with E-state index in [2.05, 4.69) is 4.98 Å². The number of carbonyl (C=O) groups excluding carboxylic acids is 2. The number of rotatable bonds is 6. The van der Waals surface area contributed by atoms with Gasteiger partial charge >= 0.3 is 11.9 Å². The smallest absolute Gasteiger partial charge is 0.317 e. The Hall–Kier alpha value is -3.15. The van der Waals surface area contributed by atoms with E-state index in [1.165, 1.54) is 0 Å². The molecule has 6 heteroatoms. The van der Waals surface area contributed by atoms with Crippen LogP contribution in [-0.4, -0.2) is 23.5 Å². The topological polar surface area (TPSA) is 78.6 Å². The first-order valence-corrected chi connectivity index (χ1v) is 7.92. The zero-order valence-electron chi connectivity index (χ0n) is 13.7. The normalized spacial score (nSPS) is 10.6. The summed E-state index contributed by atoms with van der Waals surface area (Å²) in [7, 11) is 0. The van der Waals surface area contributed by atoms with E-state index in [-0.39, 0.29) is 13.2 Å². The lowest BCUT2D eigenvalue weighted by atomic mass is 10.2. The summed E-state index contributed by atoms with van der Waals surface area (Å²) in [6.07, 6.45) is -0.392. The van der Waals surface area contributed by atoms with E-state index in [0.29, 0.717) is 11.5 Å². The molecule has 2 aromatic carbocycles. The Morgan fingerprint density at radius 3 is 2.56 bits per heavy atom. The van der Waals surface area contributed by atoms with Gasteiger partial charge in [-0.2, -0.15) is 0 Å². The minimum absolute atomic E-state index is 0.0511. The molecule has 0 aliphatic rings. The number of benzene rings is 2. The first-order valence-electron chi connectivity index (χ1n) is 7.92. The van der Waals surface area contributed by atoms with Crippen LogP contribution in [0.3, 0.4) is 0 Å². The van der Waals surface area contributed by atoms with Crippen LogP contribution in [0, 0.1) is 0 Å². The standard InChI is InChI=1S/C19H17NO5/c1-2-23-17(21)11-18(22)24-12-13-8-9-15-16(10-13)25-19(20-15)14-6-4-3-5-7-14/h3-10H,2,11-12H2,1H3. The predicted molar refractivity (Wildman–Crippen MR) is 90.5 cm³/mol. The fourth-order valence-electron chi connectivity index (χ4n) is 2.31. The summed E-state index contributed by atoms with van der Waals surface area (Å²) in [6, 6.07) is 15.0. The molecule has 0 fully saturated rings. The lowest BCUT2D eigenvalue weighted by Gasteiger charge is -2.04. The van der Waals surface area contributed by atoms with Crippen molar-refractivity contribution in [1.82, 2.24) is 4.98 Å². The Balaban J connectivity index is 1.67. The van der Waals surface area contributed by atoms with Gasteiger partial charge in [0.25, 0.3) is 0 Å². The third-order valence-corrected chi connectivity index (χ3v) is 3.47. The van der Waals surface area contributed by atoms with Crippen molar-refractivity contribution in [3.8, 4) is 11.5 Å². The molecule has 0 atom stereocenters. The molecule has 0 radical (unpaired) electrons. The average Bonchev–Trinajstić information content (AvgIpc) is 3.04. The van der Waals surface area contributed by atoms with Crippen molar-refractivity contribution in [3.05, 3.63) is 54.1 Å². The number of aromatic nitrogens is 1. The van der Waals surface area contributed by atoms with E-state index >= 15 is 0 Å². The van der Waals surface area contributed by atoms with Crippen LogP contribution < -0.4 is 0 Å². The number of esters is 2. The number of fused-ring (bicyclic) bond motifs is 1. The Kier molecular flexibility index (Phi) is 5.09. The fraction of sp³-hybridized carbons (Fsp3) is 0.211. The summed E-state index contributed by atoms with van der Waals surface area (Å²) in [4.78, 5) is 27.3. The van der Waals surface area contributed by atoms with Gasteiger partial charge < -0.3 is 13.9 Å². The van der Waals surface area contributed by atoms with Crippen molar-refractivity contribution in [3.63, 3.8) is 0 Å². The molecule has 3 aromatic rings. The van der Waals surface area contributed by atoms with Crippen molar-refractivity contribution in [2.45, 2.75) is 20.0 Å². The maximum Gasteiger partial charge on any atom is 0.317 e. The molecule has 25 heavy (non-hydrogen) atoms. The highest BCUT2D eigenvalue weighted by molar-refractivity contribution is 5.91. The van der Waals surface area contributed by atoms with E-state index in [1.54, 1.807) is 25.1 Å². The van der Waals surface area contributed by atoms with Crippen molar-refractivity contribution < 1.29 is 23.5 Å². The van der Waals surface area contributed by atoms with Crippen LogP contribution in [-0.2, 0) is 25.7 Å². The molecule has 3 rings (SSSR count). The number of hydrogen-bond donors (Lipinski definition) is 0. The molecular formula is C19H17NO5. The zero-order chi connectivity index (χ0) is 17.6. The second-order valence-corrected chi connectivity index (χ2v) is 5.33. The quantitative estimate of drug-likeness (QED) is 0.505. The molecule has 0 N–H and O–H groups in total. The second kappa shape index (κ2) is 7.61. The molecule has 0 aliphatic heterocycles. The van der Waals surface area contributed by atoms with Crippen LogP contribution in [0.5, 0.6) is 0 Å². The molecule has 128 valence electrons. The number of hydrogen-bond acceptors (Lipinski definition) is 6. The van der Waals surface area contributed by atoms with Crippen LogP contribution in [0.4, 0.5) is 0 Å². The van der Waals surface area contributed by atoms with Crippen molar-refractivity contribution in [2.24, 2.45) is 0 Å². The summed E-state index contributed by atoms with van der Waals surface area (Å²) in [5.74, 6) is -0.682. The molecule has 0 unspecified atom stereocenters. The van der Waals surface area contributed by atoms with Crippen LogP contribution in [0.2, 0.25) is 0 Å². The van der Waals surface area contributed by atoms with Gasteiger partial charge in [0.15, 0.2) is 5.58 Å². The van der Waals surface area contributed by atoms with E-state index in [4.69, 9.17) is 13.9 Å². The molecular weight excluding hydrogens is 322 g/mol. The second-order valence-electron chi connectivity index (χ2n) is 5.33. The summed E-state index contributed by atoms with van der Waals surface area (Å²) >= 11 is 0. The Morgan fingerprint density at radius 2 is 1.80 bits per heavy atom. The van der Waals surface area contributed by atoms with Gasteiger partial charge in [-0.15, -0.1) is 0 Å². The van der Waals surface area contributed by atoms with Crippen LogP contribution in [0.25, 0.3) is 22.6 Å². The third-order valence-electron chi connectivity index (χ3n) is 3.47. The van der Waals surface area contributed by atoms with Gasteiger partial charge in [-0.25, -0.2) is 4.98 Å². The molecule has 0 saturated carbocycles. The highest BCUT2D eigenvalue weighted by Crippen LogP contribution is 2.25. The SMILES string of the molecule is CCOC(=O)CC(=O)OCc1ccc2nc(-c3ccccc3)oc2c1. The monoisotopic (exact) mass is 339 g/mol. The minimum Gasteiger partial charge on any atom is -0.466 e. The van der Waals surface area contributed by atoms with Gasteiger partial charge in [0.2, 0.25) is 5.89 Å². The first-order chi connectivity index (χ1) is 12.2. The molecule has 0 aliphatic carbocycles. The molecule has 0 bridgehead atoms. The summed E-state index contributed by atoms with van der Waals surface area (Å²) in [6.45, 7) is 1.97. The molecule has 0 amide bonds. The van der Waals surface area contributed by atoms with Gasteiger partial charge in [-0.1, -0.05) is 24.3 Å². The zero-order valence-corrected chi connectivity index (χ0v) is 13.7. The van der Waals surface area contributed by atoms with E-state index < -0.39 is 18.4 Å². The Bertz CT molecular complexity index is 885. The van der Waals surface area contributed by atoms with Crippen LogP contribution >= 0.6 is 0 Å². The van der Waals surface area contributed by atoms with Gasteiger partial charge in [-0.05, 0) is 36.8 Å². The molecule has 6 nitrogen and oxygen atoms in total. The maximum absolute atomic E-state index is 11.6. The minimum atomic E-state index is -0.624. The fourth-order valence-corrected chi connectivity index (χ4v) is 2.31. The number of carbonyl (C=O) groups is 2. The molecule has 0 saturated heterocycles. The lowest BCUT2D eigenvalue weighted by molar-refractivity contribution is -0.155. The largest absolute Gasteiger partial charge is 0.466 e. The van der Waals surface area contributed by atoms with Crippen molar-refractivity contribution in [2.75, 3.05) is 6.61 Å². The van der Waals surface area contributed by atoms with Crippen molar-refractivity contribution in [1.29, 1.82) is 0 Å². The molecule has 1 heterocycles. The number of ether oxygens (including phenoxy) is 2. The lowest BCUT2D eigenvalue weighted by Crippen LogP contribution is -2.13. The summed E-state index contributed by atoms with van der Waals surface area (Å²) in [5.41, 5.74) is 2.97. The van der Waals surface area contributed by atoms with E-state index in [9.17, 15) is 9.59 Å². The Morgan fingerprint density at radius 1 is 1.04 bits per heavy atom. The van der Waals surface area contributed by atoms with Crippen LogP contribution in [0.1, 0.15) is 18.9 Å². The first kappa shape index (κ1) is 16.7. The Labute approximate surface area is 144 Å². The highest BCUT2D eigenvalue weighted by atomic mass is 16.6. The van der Waals surface area contributed by atoms with Gasteiger partial charge in [-0.3, -0.25) is 9.59 Å². The molecule has 0 spiro atoms. The summed E-state index contributed by atoms with van der Waals surface area (Å²) in [5, 5.41) is 0.